The molecule has 0 unspecified atom stereocenters. The molecule has 33 heavy (non-hydrogen) atoms. The van der Waals surface area contributed by atoms with Crippen molar-refractivity contribution in [2.24, 2.45) is 5.92 Å². The van der Waals surface area contributed by atoms with Gasteiger partial charge in [-0.2, -0.15) is 0 Å². The molecule has 2 fully saturated rings. The maximum atomic E-state index is 12.8. The molecule has 2 aromatic rings. The van der Waals surface area contributed by atoms with Gasteiger partial charge in [-0.15, -0.1) is 0 Å². The second kappa shape index (κ2) is 9.33. The van der Waals surface area contributed by atoms with Crippen molar-refractivity contribution < 1.29 is 23.9 Å². The molecule has 2 saturated heterocycles. The van der Waals surface area contributed by atoms with Crippen LogP contribution in [0.1, 0.15) is 28.7 Å². The number of fused-ring (bicyclic) bond motifs is 1. The predicted octanol–water partition coefficient (Wildman–Crippen LogP) is 1.60. The summed E-state index contributed by atoms with van der Waals surface area (Å²) in [5.74, 6) is -1.39. The van der Waals surface area contributed by atoms with Crippen LogP contribution in [-0.4, -0.2) is 53.8 Å². The molecule has 3 aliphatic heterocycles. The van der Waals surface area contributed by atoms with E-state index >= 15 is 0 Å². The molecular weight excluding hydrogens is 422 g/mol. The fourth-order valence-electron chi connectivity index (χ4n) is 4.58. The van der Waals surface area contributed by atoms with Crippen LogP contribution in [0, 0.1) is 5.92 Å². The maximum Gasteiger partial charge on any atom is 0.239 e. The summed E-state index contributed by atoms with van der Waals surface area (Å²) in [6.07, 6.45) is -0.0740. The van der Waals surface area contributed by atoms with Crippen LogP contribution < -0.4 is 10.1 Å². The van der Waals surface area contributed by atoms with Crippen molar-refractivity contribution in [2.75, 3.05) is 26.3 Å². The first-order chi connectivity index (χ1) is 16.1. The van der Waals surface area contributed by atoms with E-state index in [2.05, 4.69) is 34.5 Å². The first kappa shape index (κ1) is 21.6. The second-order valence-electron chi connectivity index (χ2n) is 8.75. The summed E-state index contributed by atoms with van der Waals surface area (Å²) in [6.45, 7) is 5.66. The van der Waals surface area contributed by atoms with E-state index < -0.39 is 17.7 Å². The molecule has 0 bridgehead atoms. The highest BCUT2D eigenvalue weighted by atomic mass is 16.5. The van der Waals surface area contributed by atoms with Crippen LogP contribution in [0.15, 0.2) is 42.5 Å². The van der Waals surface area contributed by atoms with Gasteiger partial charge in [-0.05, 0) is 22.8 Å². The molecule has 2 aromatic carbocycles. The van der Waals surface area contributed by atoms with Gasteiger partial charge in [0.2, 0.25) is 17.7 Å². The molecular formula is C25H27N3O5. The van der Waals surface area contributed by atoms with Gasteiger partial charge in [0.1, 0.15) is 18.3 Å². The van der Waals surface area contributed by atoms with Gasteiger partial charge in [-0.3, -0.25) is 24.6 Å². The zero-order valence-corrected chi connectivity index (χ0v) is 18.4. The Bertz CT molecular complexity index is 1060. The summed E-state index contributed by atoms with van der Waals surface area (Å²) >= 11 is 0. The zero-order chi connectivity index (χ0) is 22.8. The number of carbonyl (C=O) groups excluding carboxylic acids is 3. The molecule has 3 aliphatic rings. The molecule has 0 spiro atoms. The van der Waals surface area contributed by atoms with Gasteiger partial charge in [0, 0.05) is 38.2 Å². The molecule has 0 aromatic heterocycles. The highest BCUT2D eigenvalue weighted by Gasteiger charge is 2.40. The number of nitrogens with zero attached hydrogens (tertiary/aromatic N) is 2. The van der Waals surface area contributed by atoms with E-state index in [0.29, 0.717) is 19.7 Å². The minimum absolute atomic E-state index is 0.0740. The van der Waals surface area contributed by atoms with Crippen molar-refractivity contribution in [3.05, 3.63) is 64.7 Å². The third-order valence-electron chi connectivity index (χ3n) is 6.45. The third-order valence-corrected chi connectivity index (χ3v) is 6.45. The first-order valence-electron chi connectivity index (χ1n) is 11.3. The Kier molecular flexibility index (Phi) is 6.11. The topological polar surface area (TPSA) is 88.2 Å². The number of hydrogen-bond donors (Lipinski definition) is 1. The van der Waals surface area contributed by atoms with Crippen molar-refractivity contribution in [2.45, 2.75) is 32.7 Å². The van der Waals surface area contributed by atoms with Crippen molar-refractivity contribution in [1.29, 1.82) is 0 Å². The quantitative estimate of drug-likeness (QED) is 0.533. The third kappa shape index (κ3) is 4.77. The molecule has 0 radical (unpaired) electrons. The van der Waals surface area contributed by atoms with Gasteiger partial charge in [0.15, 0.2) is 0 Å². The molecule has 3 amide bonds. The van der Waals surface area contributed by atoms with Gasteiger partial charge < -0.3 is 14.4 Å². The number of benzene rings is 2. The zero-order valence-electron chi connectivity index (χ0n) is 18.4. The van der Waals surface area contributed by atoms with Gasteiger partial charge in [0.05, 0.1) is 19.8 Å². The Morgan fingerprint density at radius 1 is 1.03 bits per heavy atom. The number of carbonyl (C=O) groups is 3. The predicted molar refractivity (Wildman–Crippen MR) is 119 cm³/mol. The summed E-state index contributed by atoms with van der Waals surface area (Å²) in [6, 6.07) is 14.2. The molecule has 3 heterocycles. The highest BCUT2D eigenvalue weighted by Crippen LogP contribution is 2.33. The van der Waals surface area contributed by atoms with E-state index in [-0.39, 0.29) is 12.3 Å². The normalized spacial score (nSPS) is 20.6. The number of morpholine rings is 1. The number of ether oxygens (including phenoxy) is 2. The lowest BCUT2D eigenvalue weighted by Crippen LogP contribution is -2.36. The van der Waals surface area contributed by atoms with Crippen molar-refractivity contribution in [1.82, 2.24) is 15.1 Å². The molecule has 5 rings (SSSR count). The maximum absolute atomic E-state index is 12.8. The van der Waals surface area contributed by atoms with Gasteiger partial charge in [0.25, 0.3) is 0 Å². The number of hydrogen-bond acceptors (Lipinski definition) is 6. The first-order valence-corrected chi connectivity index (χ1v) is 11.3. The monoisotopic (exact) mass is 449 g/mol. The fraction of sp³-hybridized carbons (Fsp3) is 0.400. The van der Waals surface area contributed by atoms with Crippen LogP contribution >= 0.6 is 0 Å². The fourth-order valence-corrected chi connectivity index (χ4v) is 4.58. The Hall–Kier alpha value is -3.23. The summed E-state index contributed by atoms with van der Waals surface area (Å²) < 4.78 is 11.5. The lowest BCUT2D eigenvalue weighted by molar-refractivity contribution is -0.141. The largest absolute Gasteiger partial charge is 0.489 e. The molecule has 8 nitrogen and oxygen atoms in total. The molecule has 0 aliphatic carbocycles. The Morgan fingerprint density at radius 3 is 2.52 bits per heavy atom. The standard InChI is InChI=1S/C25H27N3O5/c29-23-12-20(24(30)26-23)25(31)28-14-19-2-1-3-22(21(19)15-28)33-16-18-6-4-17(5-7-18)13-27-8-10-32-11-9-27/h1-7,20H,8-16H2,(H,26,29,30)/t20-/m0/s1. The van der Waals surface area contributed by atoms with Crippen LogP contribution in [-0.2, 0) is 45.4 Å². The number of rotatable bonds is 6. The summed E-state index contributed by atoms with van der Waals surface area (Å²) in [7, 11) is 0. The van der Waals surface area contributed by atoms with Crippen LogP contribution in [0.3, 0.4) is 0 Å². The van der Waals surface area contributed by atoms with E-state index in [9.17, 15) is 14.4 Å². The summed E-state index contributed by atoms with van der Waals surface area (Å²) in [5.41, 5.74) is 4.31. The average Bonchev–Trinajstić information content (AvgIpc) is 3.41. The van der Waals surface area contributed by atoms with Gasteiger partial charge >= 0.3 is 0 Å². The van der Waals surface area contributed by atoms with Crippen molar-refractivity contribution in [3.8, 4) is 5.75 Å². The molecule has 0 saturated carbocycles. The van der Waals surface area contributed by atoms with Crippen molar-refractivity contribution in [3.63, 3.8) is 0 Å². The van der Waals surface area contributed by atoms with E-state index in [1.165, 1.54) is 5.56 Å². The smallest absolute Gasteiger partial charge is 0.239 e. The summed E-state index contributed by atoms with van der Waals surface area (Å²) in [5, 5.41) is 2.21. The molecule has 1 N–H and O–H groups in total. The number of amides is 3. The van der Waals surface area contributed by atoms with E-state index in [1.807, 2.05) is 18.2 Å². The number of imide groups is 1. The van der Waals surface area contributed by atoms with Gasteiger partial charge in [-0.1, -0.05) is 36.4 Å². The SMILES string of the molecule is O=C1C[C@H](C(=O)N2Cc3cccc(OCc4ccc(CN5CCOCC5)cc4)c3C2)C(=O)N1. The minimum atomic E-state index is -0.924. The Labute approximate surface area is 192 Å². The molecule has 1 atom stereocenters. The second-order valence-corrected chi connectivity index (χ2v) is 8.75. The lowest BCUT2D eigenvalue weighted by atomic mass is 10.1. The van der Waals surface area contributed by atoms with E-state index in [1.54, 1.807) is 4.90 Å². The van der Waals surface area contributed by atoms with Crippen LogP contribution in [0.2, 0.25) is 0 Å². The highest BCUT2D eigenvalue weighted by molar-refractivity contribution is 6.13. The molecule has 172 valence electrons. The van der Waals surface area contributed by atoms with E-state index in [0.717, 1.165) is 55.3 Å². The lowest BCUT2D eigenvalue weighted by Gasteiger charge is -2.26. The Balaban J connectivity index is 1.19. The Morgan fingerprint density at radius 2 is 1.79 bits per heavy atom. The van der Waals surface area contributed by atoms with E-state index in [4.69, 9.17) is 9.47 Å². The van der Waals surface area contributed by atoms with Crippen LogP contribution in [0.25, 0.3) is 0 Å². The minimum Gasteiger partial charge on any atom is -0.489 e. The van der Waals surface area contributed by atoms with Crippen LogP contribution in [0.5, 0.6) is 5.75 Å². The van der Waals surface area contributed by atoms with Crippen molar-refractivity contribution >= 4 is 17.7 Å². The number of nitrogens with one attached hydrogen (secondary N) is 1. The summed E-state index contributed by atoms with van der Waals surface area (Å²) in [4.78, 5) is 40.2. The van der Waals surface area contributed by atoms with Gasteiger partial charge in [-0.25, -0.2) is 0 Å². The average molecular weight is 450 g/mol. The molecule has 8 heteroatoms. The van der Waals surface area contributed by atoms with Crippen LogP contribution in [0.4, 0.5) is 0 Å².